The van der Waals surface area contributed by atoms with Crippen LogP contribution in [0.3, 0.4) is 0 Å². The summed E-state index contributed by atoms with van der Waals surface area (Å²) in [6, 6.07) is 0. The van der Waals surface area contributed by atoms with E-state index in [1.165, 1.54) is 6.42 Å². The summed E-state index contributed by atoms with van der Waals surface area (Å²) in [6.45, 7) is 10.1. The van der Waals surface area contributed by atoms with E-state index in [0.29, 0.717) is 0 Å². The molecule has 0 saturated carbocycles. The van der Waals surface area contributed by atoms with Crippen LogP contribution in [-0.2, 0) is 9.47 Å². The number of ether oxygens (including phenoxy) is 2. The molecule has 0 aliphatic carbocycles. The topological polar surface area (TPSA) is 30.5 Å². The summed E-state index contributed by atoms with van der Waals surface area (Å²) in [6.07, 6.45) is 2.35. The van der Waals surface area contributed by atoms with Crippen LogP contribution >= 0.6 is 0 Å². The Morgan fingerprint density at radius 2 is 2.13 bits per heavy atom. The van der Waals surface area contributed by atoms with Gasteiger partial charge in [-0.2, -0.15) is 0 Å². The highest BCUT2D eigenvalue weighted by Crippen LogP contribution is 2.28. The Bertz CT molecular complexity index is 175. The minimum Gasteiger partial charge on any atom is -0.384 e. The first-order chi connectivity index (χ1) is 6.97. The lowest BCUT2D eigenvalue weighted by Gasteiger charge is -2.38. The molecule has 1 fully saturated rings. The predicted molar refractivity (Wildman–Crippen MR) is 62.1 cm³/mol. The van der Waals surface area contributed by atoms with Crippen molar-refractivity contribution in [1.29, 1.82) is 0 Å². The smallest absolute Gasteiger partial charge is 0.0556 e. The van der Waals surface area contributed by atoms with Crippen molar-refractivity contribution in [2.24, 2.45) is 5.41 Å². The van der Waals surface area contributed by atoms with Crippen LogP contribution in [0.2, 0.25) is 0 Å². The van der Waals surface area contributed by atoms with Crippen molar-refractivity contribution >= 4 is 0 Å². The number of nitrogens with one attached hydrogen (secondary N) is 1. The molecule has 0 spiro atoms. The average Bonchev–Trinajstić information content (AvgIpc) is 2.16. The van der Waals surface area contributed by atoms with E-state index in [1.54, 1.807) is 7.11 Å². The van der Waals surface area contributed by atoms with Crippen molar-refractivity contribution < 1.29 is 9.47 Å². The van der Waals surface area contributed by atoms with Crippen molar-refractivity contribution in [3.8, 4) is 0 Å². The highest BCUT2D eigenvalue weighted by Gasteiger charge is 2.33. The monoisotopic (exact) mass is 215 g/mol. The van der Waals surface area contributed by atoms with Crippen LogP contribution in [0.25, 0.3) is 0 Å². The molecule has 0 bridgehead atoms. The molecule has 0 aromatic heterocycles. The minimum atomic E-state index is 0.165. The van der Waals surface area contributed by atoms with Gasteiger partial charge >= 0.3 is 0 Å². The lowest BCUT2D eigenvalue weighted by atomic mass is 9.82. The van der Waals surface area contributed by atoms with Gasteiger partial charge in [-0.3, -0.25) is 0 Å². The van der Waals surface area contributed by atoms with Gasteiger partial charge in [-0.25, -0.2) is 0 Å². The largest absolute Gasteiger partial charge is 0.384 e. The summed E-state index contributed by atoms with van der Waals surface area (Å²) in [4.78, 5) is 0. The normalized spacial score (nSPS) is 28.0. The van der Waals surface area contributed by atoms with Crippen LogP contribution in [0.15, 0.2) is 0 Å². The van der Waals surface area contributed by atoms with E-state index in [0.717, 1.165) is 32.8 Å². The van der Waals surface area contributed by atoms with E-state index in [1.807, 2.05) is 0 Å². The molecule has 1 heterocycles. The molecule has 1 saturated heterocycles. The number of hydrogen-bond donors (Lipinski definition) is 1. The molecule has 1 N–H and O–H groups in total. The predicted octanol–water partition coefficient (Wildman–Crippen LogP) is 1.82. The Hall–Kier alpha value is -0.120. The van der Waals surface area contributed by atoms with Crippen LogP contribution in [0.5, 0.6) is 0 Å². The third-order valence-corrected chi connectivity index (χ3v) is 2.85. The van der Waals surface area contributed by atoms with Gasteiger partial charge in [-0.05, 0) is 33.6 Å². The van der Waals surface area contributed by atoms with E-state index in [2.05, 4.69) is 26.1 Å². The summed E-state index contributed by atoms with van der Waals surface area (Å²) >= 11 is 0. The van der Waals surface area contributed by atoms with Crippen LogP contribution < -0.4 is 5.32 Å². The second-order valence-electron chi connectivity index (χ2n) is 5.69. The third kappa shape index (κ3) is 4.49. The highest BCUT2D eigenvalue weighted by atomic mass is 16.5. The standard InChI is InChI=1S/C12H25NO2/c1-11(2,3)13-8-12(9-14-4)6-5-7-15-10-12/h13H,5-10H2,1-4H3. The maximum absolute atomic E-state index is 5.58. The Balaban J connectivity index is 2.48. The fraction of sp³-hybridized carbons (Fsp3) is 1.00. The zero-order chi connectivity index (χ0) is 11.4. The number of hydrogen-bond acceptors (Lipinski definition) is 3. The van der Waals surface area contributed by atoms with Crippen molar-refractivity contribution in [1.82, 2.24) is 5.32 Å². The number of rotatable bonds is 4. The van der Waals surface area contributed by atoms with Crippen molar-refractivity contribution in [2.75, 3.05) is 33.5 Å². The van der Waals surface area contributed by atoms with Crippen LogP contribution in [0.4, 0.5) is 0 Å². The van der Waals surface area contributed by atoms with E-state index in [4.69, 9.17) is 9.47 Å². The lowest BCUT2D eigenvalue weighted by molar-refractivity contribution is -0.0499. The maximum Gasteiger partial charge on any atom is 0.0556 e. The summed E-state index contributed by atoms with van der Waals surface area (Å²) in [5, 5.41) is 3.56. The van der Waals surface area contributed by atoms with Crippen LogP contribution in [0.1, 0.15) is 33.6 Å². The average molecular weight is 215 g/mol. The van der Waals surface area contributed by atoms with E-state index >= 15 is 0 Å². The molecule has 15 heavy (non-hydrogen) atoms. The van der Waals surface area contributed by atoms with Gasteiger partial charge in [0, 0.05) is 31.2 Å². The highest BCUT2D eigenvalue weighted by molar-refractivity contribution is 4.86. The molecule has 0 aromatic rings. The quantitative estimate of drug-likeness (QED) is 0.776. The van der Waals surface area contributed by atoms with Gasteiger partial charge in [0.2, 0.25) is 0 Å². The summed E-state index contributed by atoms with van der Waals surface area (Å²) < 4.78 is 10.9. The van der Waals surface area contributed by atoms with Gasteiger partial charge in [0.15, 0.2) is 0 Å². The molecule has 0 aromatic carbocycles. The number of methoxy groups -OCH3 is 1. The zero-order valence-electron chi connectivity index (χ0n) is 10.6. The van der Waals surface area contributed by atoms with E-state index in [9.17, 15) is 0 Å². The van der Waals surface area contributed by atoms with Gasteiger partial charge in [-0.15, -0.1) is 0 Å². The third-order valence-electron chi connectivity index (χ3n) is 2.85. The molecule has 1 aliphatic heterocycles. The van der Waals surface area contributed by atoms with Gasteiger partial charge in [0.05, 0.1) is 13.2 Å². The van der Waals surface area contributed by atoms with Crippen LogP contribution in [-0.4, -0.2) is 39.0 Å². The first kappa shape index (κ1) is 12.9. The molecular formula is C12H25NO2. The van der Waals surface area contributed by atoms with Crippen molar-refractivity contribution in [3.05, 3.63) is 0 Å². The second kappa shape index (κ2) is 5.28. The van der Waals surface area contributed by atoms with Crippen molar-refractivity contribution in [2.45, 2.75) is 39.2 Å². The molecule has 90 valence electrons. The SMILES string of the molecule is COCC1(CNC(C)(C)C)CCCOC1. The molecule has 1 atom stereocenters. The van der Waals surface area contributed by atoms with Crippen LogP contribution in [0, 0.1) is 5.41 Å². The van der Waals surface area contributed by atoms with E-state index in [-0.39, 0.29) is 11.0 Å². The van der Waals surface area contributed by atoms with Gasteiger partial charge in [0.1, 0.15) is 0 Å². The maximum atomic E-state index is 5.58. The van der Waals surface area contributed by atoms with E-state index < -0.39 is 0 Å². The minimum absolute atomic E-state index is 0.165. The Morgan fingerprint density at radius 3 is 2.60 bits per heavy atom. The Labute approximate surface area is 93.5 Å². The molecule has 0 amide bonds. The Morgan fingerprint density at radius 1 is 1.40 bits per heavy atom. The fourth-order valence-electron chi connectivity index (χ4n) is 1.97. The molecular weight excluding hydrogens is 190 g/mol. The summed E-state index contributed by atoms with van der Waals surface area (Å²) in [7, 11) is 1.77. The summed E-state index contributed by atoms with van der Waals surface area (Å²) in [5.41, 5.74) is 0.346. The molecule has 1 aliphatic rings. The van der Waals surface area contributed by atoms with Gasteiger partial charge in [-0.1, -0.05) is 0 Å². The zero-order valence-corrected chi connectivity index (χ0v) is 10.6. The fourth-order valence-corrected chi connectivity index (χ4v) is 1.97. The van der Waals surface area contributed by atoms with Gasteiger partial charge < -0.3 is 14.8 Å². The molecule has 3 nitrogen and oxygen atoms in total. The second-order valence-corrected chi connectivity index (χ2v) is 5.69. The lowest BCUT2D eigenvalue weighted by Crippen LogP contribution is -2.49. The van der Waals surface area contributed by atoms with Crippen molar-refractivity contribution in [3.63, 3.8) is 0 Å². The molecule has 1 rings (SSSR count). The first-order valence-corrected chi connectivity index (χ1v) is 5.79. The first-order valence-electron chi connectivity index (χ1n) is 5.79. The molecule has 0 radical (unpaired) electrons. The Kier molecular flexibility index (Phi) is 4.56. The van der Waals surface area contributed by atoms with Gasteiger partial charge in [0.25, 0.3) is 0 Å². The molecule has 1 unspecified atom stereocenters. The summed E-state index contributed by atoms with van der Waals surface area (Å²) in [5.74, 6) is 0. The molecule has 3 heteroatoms.